The number of rotatable bonds is 3. The molecule has 0 N–H and O–H groups in total. The molecule has 5 heteroatoms. The lowest BCUT2D eigenvalue weighted by Gasteiger charge is -2.32. The summed E-state index contributed by atoms with van der Waals surface area (Å²) in [6.07, 6.45) is 2.99. The van der Waals surface area contributed by atoms with Crippen LogP contribution in [0.2, 0.25) is 5.02 Å². The van der Waals surface area contributed by atoms with Crippen molar-refractivity contribution in [3.8, 4) is 5.75 Å². The van der Waals surface area contributed by atoms with E-state index in [1.54, 1.807) is 0 Å². The fraction of sp³-hybridized carbons (Fsp3) is 0.562. The first-order valence-electron chi connectivity index (χ1n) is 7.41. The van der Waals surface area contributed by atoms with E-state index in [1.165, 1.54) is 12.7 Å². The molecule has 3 rings (SSSR count). The van der Waals surface area contributed by atoms with Crippen LogP contribution in [-0.2, 0) is 16.0 Å². The zero-order valence-electron chi connectivity index (χ0n) is 12.2. The van der Waals surface area contributed by atoms with Crippen LogP contribution < -0.4 is 4.74 Å². The van der Waals surface area contributed by atoms with E-state index in [0.29, 0.717) is 0 Å². The van der Waals surface area contributed by atoms with Crippen LogP contribution in [0.15, 0.2) is 18.2 Å². The lowest BCUT2D eigenvalue weighted by molar-refractivity contribution is -0.147. The number of likely N-dealkylation sites (tertiary alicyclic amines) is 1. The minimum Gasteiger partial charge on any atom is -0.488 e. The lowest BCUT2D eigenvalue weighted by atomic mass is 9.97. The second-order valence-electron chi connectivity index (χ2n) is 5.82. The van der Waals surface area contributed by atoms with Gasteiger partial charge in [0, 0.05) is 24.5 Å². The molecule has 0 amide bonds. The van der Waals surface area contributed by atoms with Crippen molar-refractivity contribution in [3.05, 3.63) is 28.8 Å². The van der Waals surface area contributed by atoms with E-state index < -0.39 is 0 Å². The summed E-state index contributed by atoms with van der Waals surface area (Å²) in [5, 5.41) is 0.752. The predicted octanol–water partition coefficient (Wildman–Crippen LogP) is 2.53. The molecule has 1 unspecified atom stereocenters. The van der Waals surface area contributed by atoms with Crippen LogP contribution in [0.25, 0.3) is 0 Å². The van der Waals surface area contributed by atoms with Crippen LogP contribution in [-0.4, -0.2) is 43.7 Å². The Morgan fingerprint density at radius 1 is 1.52 bits per heavy atom. The molecule has 1 saturated heterocycles. The number of carbonyl (C=O) groups is 1. The average Bonchev–Trinajstić information content (AvgIpc) is 2.88. The monoisotopic (exact) mass is 309 g/mol. The summed E-state index contributed by atoms with van der Waals surface area (Å²) in [5.41, 5.74) is 1.18. The second-order valence-corrected chi connectivity index (χ2v) is 6.25. The van der Waals surface area contributed by atoms with Gasteiger partial charge in [0.25, 0.3) is 0 Å². The molecule has 1 aromatic carbocycles. The summed E-state index contributed by atoms with van der Waals surface area (Å²) < 4.78 is 10.8. The number of carbonyl (C=O) groups excluding carboxylic acids is 1. The fourth-order valence-electron chi connectivity index (χ4n) is 3.26. The number of hydrogen-bond donors (Lipinski definition) is 0. The Morgan fingerprint density at radius 2 is 2.38 bits per heavy atom. The van der Waals surface area contributed by atoms with Gasteiger partial charge in [0.05, 0.1) is 13.0 Å². The van der Waals surface area contributed by atoms with Crippen molar-refractivity contribution in [2.45, 2.75) is 25.4 Å². The number of ether oxygens (including phenoxy) is 2. The molecule has 1 fully saturated rings. The molecular formula is C16H20ClNO3. The molecule has 0 aromatic heterocycles. The standard InChI is InChI=1S/C16H20ClNO3/c1-20-16(19)11-3-2-6-18(9-11)10-14-8-12-7-13(17)4-5-15(12)21-14/h4-5,7,11,14H,2-3,6,8-10H2,1H3/t11-,14?/m0/s1. The van der Waals surface area contributed by atoms with Crippen LogP contribution in [0.3, 0.4) is 0 Å². The highest BCUT2D eigenvalue weighted by atomic mass is 35.5. The summed E-state index contributed by atoms with van der Waals surface area (Å²) in [5.74, 6) is 0.843. The Kier molecular flexibility index (Phi) is 4.36. The number of methoxy groups -OCH3 is 1. The highest BCUT2D eigenvalue weighted by Gasteiger charge is 2.30. The number of nitrogens with zero attached hydrogens (tertiary/aromatic N) is 1. The SMILES string of the molecule is COC(=O)[C@H]1CCCN(CC2Cc3cc(Cl)ccc3O2)C1. The van der Waals surface area contributed by atoms with Crippen molar-refractivity contribution in [2.24, 2.45) is 5.92 Å². The molecule has 4 nitrogen and oxygen atoms in total. The molecule has 0 radical (unpaired) electrons. The number of esters is 1. The van der Waals surface area contributed by atoms with Crippen molar-refractivity contribution < 1.29 is 14.3 Å². The van der Waals surface area contributed by atoms with Crippen molar-refractivity contribution in [1.82, 2.24) is 4.90 Å². The van der Waals surface area contributed by atoms with Gasteiger partial charge in [0.15, 0.2) is 0 Å². The molecule has 2 heterocycles. The molecule has 1 aromatic rings. The Hall–Kier alpha value is -1.26. The maximum absolute atomic E-state index is 11.7. The summed E-state index contributed by atoms with van der Waals surface area (Å²) in [7, 11) is 1.46. The van der Waals surface area contributed by atoms with Gasteiger partial charge < -0.3 is 9.47 Å². The Bertz CT molecular complexity index is 534. The van der Waals surface area contributed by atoms with Crippen molar-refractivity contribution in [3.63, 3.8) is 0 Å². The number of hydrogen-bond acceptors (Lipinski definition) is 4. The van der Waals surface area contributed by atoms with Crippen LogP contribution in [0.4, 0.5) is 0 Å². The highest BCUT2D eigenvalue weighted by Crippen LogP contribution is 2.31. The molecule has 2 aliphatic heterocycles. The van der Waals surface area contributed by atoms with E-state index >= 15 is 0 Å². The number of benzene rings is 1. The Balaban J connectivity index is 1.57. The first kappa shape index (κ1) is 14.7. The van der Waals surface area contributed by atoms with Crippen LogP contribution >= 0.6 is 11.6 Å². The van der Waals surface area contributed by atoms with E-state index in [1.807, 2.05) is 18.2 Å². The molecule has 0 saturated carbocycles. The molecule has 0 bridgehead atoms. The third kappa shape index (κ3) is 3.33. The van der Waals surface area contributed by atoms with Gasteiger partial charge in [-0.1, -0.05) is 11.6 Å². The molecule has 2 aliphatic rings. The minimum absolute atomic E-state index is 0.00183. The molecule has 0 spiro atoms. The zero-order valence-corrected chi connectivity index (χ0v) is 12.9. The number of fused-ring (bicyclic) bond motifs is 1. The third-order valence-electron chi connectivity index (χ3n) is 4.27. The van der Waals surface area contributed by atoms with E-state index in [2.05, 4.69) is 4.90 Å². The van der Waals surface area contributed by atoms with Gasteiger partial charge in [0.2, 0.25) is 0 Å². The van der Waals surface area contributed by atoms with Gasteiger partial charge in [-0.3, -0.25) is 9.69 Å². The summed E-state index contributed by atoms with van der Waals surface area (Å²) in [6.45, 7) is 2.63. The van der Waals surface area contributed by atoms with E-state index in [4.69, 9.17) is 21.1 Å². The van der Waals surface area contributed by atoms with Crippen molar-refractivity contribution in [1.29, 1.82) is 0 Å². The van der Waals surface area contributed by atoms with Gasteiger partial charge >= 0.3 is 5.97 Å². The zero-order chi connectivity index (χ0) is 14.8. The average molecular weight is 310 g/mol. The number of piperidine rings is 1. The molecule has 21 heavy (non-hydrogen) atoms. The molecule has 2 atom stereocenters. The third-order valence-corrected chi connectivity index (χ3v) is 4.50. The number of halogens is 1. The lowest BCUT2D eigenvalue weighted by Crippen LogP contribution is -2.43. The smallest absolute Gasteiger partial charge is 0.309 e. The first-order valence-corrected chi connectivity index (χ1v) is 7.79. The Labute approximate surface area is 130 Å². The largest absolute Gasteiger partial charge is 0.488 e. The quantitative estimate of drug-likeness (QED) is 0.804. The Morgan fingerprint density at radius 3 is 3.19 bits per heavy atom. The van der Waals surface area contributed by atoms with E-state index in [0.717, 1.165) is 49.7 Å². The van der Waals surface area contributed by atoms with Gasteiger partial charge in [0.1, 0.15) is 11.9 Å². The second kappa shape index (κ2) is 6.24. The molecule has 114 valence electrons. The van der Waals surface area contributed by atoms with E-state index in [-0.39, 0.29) is 18.0 Å². The van der Waals surface area contributed by atoms with Gasteiger partial charge in [-0.25, -0.2) is 0 Å². The minimum atomic E-state index is -0.0953. The van der Waals surface area contributed by atoms with Gasteiger partial charge in [-0.05, 0) is 43.1 Å². The van der Waals surface area contributed by atoms with Crippen LogP contribution in [0.1, 0.15) is 18.4 Å². The van der Waals surface area contributed by atoms with Crippen LogP contribution in [0, 0.1) is 5.92 Å². The maximum Gasteiger partial charge on any atom is 0.309 e. The summed E-state index contributed by atoms with van der Waals surface area (Å²) in [6, 6.07) is 5.77. The molecular weight excluding hydrogens is 290 g/mol. The van der Waals surface area contributed by atoms with Gasteiger partial charge in [-0.2, -0.15) is 0 Å². The van der Waals surface area contributed by atoms with Crippen molar-refractivity contribution in [2.75, 3.05) is 26.7 Å². The van der Waals surface area contributed by atoms with Crippen molar-refractivity contribution >= 4 is 17.6 Å². The van der Waals surface area contributed by atoms with Gasteiger partial charge in [-0.15, -0.1) is 0 Å². The first-order chi connectivity index (χ1) is 10.2. The van der Waals surface area contributed by atoms with Crippen LogP contribution in [0.5, 0.6) is 5.75 Å². The topological polar surface area (TPSA) is 38.8 Å². The summed E-state index contributed by atoms with van der Waals surface area (Å²) >= 11 is 6.02. The molecule has 0 aliphatic carbocycles. The maximum atomic E-state index is 11.7. The predicted molar refractivity (Wildman–Crippen MR) is 80.8 cm³/mol. The normalized spacial score (nSPS) is 25.2. The highest BCUT2D eigenvalue weighted by molar-refractivity contribution is 6.30. The van der Waals surface area contributed by atoms with E-state index in [9.17, 15) is 4.79 Å². The summed E-state index contributed by atoms with van der Waals surface area (Å²) in [4.78, 5) is 14.0. The fourth-order valence-corrected chi connectivity index (χ4v) is 3.45.